The van der Waals surface area contributed by atoms with Crippen LogP contribution in [0, 0.1) is 30.3 Å². The first-order valence-electron chi connectivity index (χ1n) is 6.08. The number of nitro groups is 3. The molecule has 0 saturated heterocycles. The molecule has 1 aromatic rings. The number of nitro benzene ring substituents is 3. The predicted octanol–water partition coefficient (Wildman–Crippen LogP) is 2.07. The Morgan fingerprint density at radius 1 is 1.09 bits per heavy atom. The molecule has 0 bridgehead atoms. The van der Waals surface area contributed by atoms with E-state index in [0.717, 1.165) is 12.1 Å². The average molecular weight is 325 g/mol. The Bertz CT molecular complexity index is 713. The number of rotatable bonds is 7. The number of hydrogen-bond donors (Lipinski definition) is 0. The molecule has 1 rings (SSSR count). The molecule has 0 amide bonds. The Labute approximate surface area is 128 Å². The molecule has 0 aliphatic rings. The molecule has 11 heteroatoms. The molecule has 122 valence electrons. The molecule has 0 atom stereocenters. The number of carbonyl (C=O) groups excluding carboxylic acids is 1. The normalized spacial score (nSPS) is 9.96. The summed E-state index contributed by atoms with van der Waals surface area (Å²) < 4.78 is 4.76. The number of carbonyl (C=O) groups is 1. The van der Waals surface area contributed by atoms with Crippen LogP contribution in [0.5, 0.6) is 0 Å². The molecular formula is C12H11N3O8. The topological polar surface area (TPSA) is 156 Å². The van der Waals surface area contributed by atoms with Crippen molar-refractivity contribution in [3.05, 3.63) is 60.2 Å². The zero-order valence-corrected chi connectivity index (χ0v) is 11.9. The van der Waals surface area contributed by atoms with Crippen molar-refractivity contribution in [2.24, 2.45) is 0 Å². The van der Waals surface area contributed by atoms with Crippen molar-refractivity contribution in [3.8, 4) is 0 Å². The van der Waals surface area contributed by atoms with E-state index in [-0.39, 0.29) is 24.2 Å². The molecular weight excluding hydrogens is 314 g/mol. The summed E-state index contributed by atoms with van der Waals surface area (Å²) in [6, 6.07) is 1.83. The SMILES string of the molecule is C=C(C)C(=O)OCCc1ccc([N+](=O)[O-])c([N+](=O)[O-])c1[N+](=O)[O-]. The third-order valence-corrected chi connectivity index (χ3v) is 2.73. The summed E-state index contributed by atoms with van der Waals surface area (Å²) in [4.78, 5) is 40.7. The van der Waals surface area contributed by atoms with Crippen molar-refractivity contribution >= 4 is 23.0 Å². The fraction of sp³-hybridized carbons (Fsp3) is 0.250. The zero-order chi connectivity index (χ0) is 17.7. The minimum atomic E-state index is -1.20. The summed E-state index contributed by atoms with van der Waals surface area (Å²) in [7, 11) is 0. The van der Waals surface area contributed by atoms with Crippen molar-refractivity contribution in [2.75, 3.05) is 6.61 Å². The average Bonchev–Trinajstić information content (AvgIpc) is 2.45. The van der Waals surface area contributed by atoms with Gasteiger partial charge in [0.15, 0.2) is 0 Å². The predicted molar refractivity (Wildman–Crippen MR) is 75.9 cm³/mol. The molecule has 0 fully saturated rings. The van der Waals surface area contributed by atoms with E-state index < -0.39 is 37.8 Å². The molecule has 1 aromatic carbocycles. The molecule has 0 radical (unpaired) electrons. The first kappa shape index (κ1) is 17.7. The van der Waals surface area contributed by atoms with E-state index in [1.165, 1.54) is 6.92 Å². The molecule has 0 saturated carbocycles. The van der Waals surface area contributed by atoms with Crippen LogP contribution in [0.2, 0.25) is 0 Å². The van der Waals surface area contributed by atoms with Crippen molar-refractivity contribution in [1.82, 2.24) is 0 Å². The zero-order valence-electron chi connectivity index (χ0n) is 11.9. The maximum Gasteiger partial charge on any atom is 0.422 e. The van der Waals surface area contributed by atoms with E-state index in [9.17, 15) is 35.1 Å². The fourth-order valence-corrected chi connectivity index (χ4v) is 1.72. The second kappa shape index (κ2) is 7.06. The van der Waals surface area contributed by atoms with Gasteiger partial charge in [0.25, 0.3) is 0 Å². The maximum atomic E-state index is 11.2. The lowest BCUT2D eigenvalue weighted by Gasteiger charge is -2.05. The fourth-order valence-electron chi connectivity index (χ4n) is 1.72. The van der Waals surface area contributed by atoms with Crippen LogP contribution in [-0.4, -0.2) is 27.3 Å². The summed E-state index contributed by atoms with van der Waals surface area (Å²) in [5.74, 6) is -0.718. The van der Waals surface area contributed by atoms with Gasteiger partial charge in [-0.3, -0.25) is 30.3 Å². The van der Waals surface area contributed by atoms with E-state index in [1.807, 2.05) is 0 Å². The van der Waals surface area contributed by atoms with Gasteiger partial charge in [-0.25, -0.2) is 4.79 Å². The Hall–Kier alpha value is -3.37. The third kappa shape index (κ3) is 4.06. The highest BCUT2D eigenvalue weighted by Gasteiger charge is 2.38. The van der Waals surface area contributed by atoms with Gasteiger partial charge >= 0.3 is 23.0 Å². The van der Waals surface area contributed by atoms with Gasteiger partial charge in [-0.05, 0) is 13.0 Å². The monoisotopic (exact) mass is 325 g/mol. The maximum absolute atomic E-state index is 11.2. The lowest BCUT2D eigenvalue weighted by molar-refractivity contribution is -0.441. The van der Waals surface area contributed by atoms with Crippen LogP contribution in [0.1, 0.15) is 12.5 Å². The Morgan fingerprint density at radius 3 is 2.09 bits per heavy atom. The summed E-state index contributed by atoms with van der Waals surface area (Å²) in [6.45, 7) is 4.46. The molecule has 11 nitrogen and oxygen atoms in total. The molecule has 0 aromatic heterocycles. The van der Waals surface area contributed by atoms with Gasteiger partial charge in [0, 0.05) is 23.6 Å². The van der Waals surface area contributed by atoms with Gasteiger partial charge < -0.3 is 4.74 Å². The number of benzene rings is 1. The van der Waals surface area contributed by atoms with Crippen LogP contribution in [0.3, 0.4) is 0 Å². The van der Waals surface area contributed by atoms with Crippen molar-refractivity contribution in [3.63, 3.8) is 0 Å². The van der Waals surface area contributed by atoms with E-state index in [4.69, 9.17) is 4.74 Å². The molecule has 23 heavy (non-hydrogen) atoms. The summed E-state index contributed by atoms with van der Waals surface area (Å²) in [5.41, 5.74) is -3.21. The quantitative estimate of drug-likeness (QED) is 0.319. The van der Waals surface area contributed by atoms with Crippen molar-refractivity contribution < 1.29 is 24.3 Å². The first-order chi connectivity index (χ1) is 10.7. The van der Waals surface area contributed by atoms with Gasteiger partial charge in [0.2, 0.25) is 0 Å². The summed E-state index contributed by atoms with van der Waals surface area (Å²) >= 11 is 0. The molecule has 0 heterocycles. The van der Waals surface area contributed by atoms with E-state index in [2.05, 4.69) is 6.58 Å². The lowest BCUT2D eigenvalue weighted by Crippen LogP contribution is -2.10. The summed E-state index contributed by atoms with van der Waals surface area (Å²) in [6.07, 6.45) is -0.214. The van der Waals surface area contributed by atoms with Crippen LogP contribution >= 0.6 is 0 Å². The Balaban J connectivity index is 3.23. The molecule has 0 unspecified atom stereocenters. The molecule has 0 N–H and O–H groups in total. The van der Waals surface area contributed by atoms with Crippen LogP contribution in [0.15, 0.2) is 24.3 Å². The van der Waals surface area contributed by atoms with E-state index >= 15 is 0 Å². The minimum Gasteiger partial charge on any atom is -0.462 e. The Morgan fingerprint density at radius 2 is 1.65 bits per heavy atom. The Kier molecular flexibility index (Phi) is 5.43. The number of hydrogen-bond acceptors (Lipinski definition) is 8. The van der Waals surface area contributed by atoms with Crippen LogP contribution in [-0.2, 0) is 16.0 Å². The summed E-state index contributed by atoms with van der Waals surface area (Å²) in [5, 5.41) is 32.8. The van der Waals surface area contributed by atoms with E-state index in [1.54, 1.807) is 0 Å². The van der Waals surface area contributed by atoms with Gasteiger partial charge in [-0.1, -0.05) is 6.58 Å². The van der Waals surface area contributed by atoms with Gasteiger partial charge in [-0.2, -0.15) is 0 Å². The van der Waals surface area contributed by atoms with Gasteiger partial charge in [0.1, 0.15) is 0 Å². The highest BCUT2D eigenvalue weighted by atomic mass is 16.6. The van der Waals surface area contributed by atoms with Gasteiger partial charge in [-0.15, -0.1) is 0 Å². The standard InChI is InChI=1S/C12H11N3O8/c1-7(2)12(16)23-6-5-8-3-4-9(13(17)18)11(15(21)22)10(8)14(19)20/h3-4H,1,5-6H2,2H3. The molecule has 0 spiro atoms. The third-order valence-electron chi connectivity index (χ3n) is 2.73. The van der Waals surface area contributed by atoms with Crippen molar-refractivity contribution in [2.45, 2.75) is 13.3 Å². The second-order valence-corrected chi connectivity index (χ2v) is 4.38. The molecule has 0 aliphatic heterocycles. The van der Waals surface area contributed by atoms with Crippen LogP contribution in [0.4, 0.5) is 17.1 Å². The number of nitrogens with zero attached hydrogens (tertiary/aromatic N) is 3. The first-order valence-corrected chi connectivity index (χ1v) is 6.08. The lowest BCUT2D eigenvalue weighted by atomic mass is 10.1. The minimum absolute atomic E-state index is 0.120. The number of ether oxygens (including phenoxy) is 1. The largest absolute Gasteiger partial charge is 0.462 e. The van der Waals surface area contributed by atoms with Crippen LogP contribution < -0.4 is 0 Å². The number of esters is 1. The highest BCUT2D eigenvalue weighted by molar-refractivity contribution is 5.86. The van der Waals surface area contributed by atoms with E-state index in [0.29, 0.717) is 0 Å². The van der Waals surface area contributed by atoms with Gasteiger partial charge in [0.05, 0.1) is 21.4 Å². The smallest absolute Gasteiger partial charge is 0.422 e. The molecule has 0 aliphatic carbocycles. The highest BCUT2D eigenvalue weighted by Crippen LogP contribution is 2.39. The van der Waals surface area contributed by atoms with Crippen molar-refractivity contribution in [1.29, 1.82) is 0 Å². The van der Waals surface area contributed by atoms with Crippen LogP contribution in [0.25, 0.3) is 0 Å². The second-order valence-electron chi connectivity index (χ2n) is 4.38.